The molecule has 4 nitrogen and oxygen atoms in total. The standard InChI is InChI=1S/C17H25NO3/c1-12-9-10-15(17(20)21)16(14(12)3)18-11-7-5-4-6-8-13(2)19/h9-11,13,19H,4-8H2,1-3H3,(H,20,21). The molecule has 0 radical (unpaired) electrons. The number of carbonyl (C=O) groups is 1. The van der Waals surface area contributed by atoms with Crippen LogP contribution in [-0.4, -0.2) is 28.5 Å². The van der Waals surface area contributed by atoms with Crippen molar-refractivity contribution < 1.29 is 15.0 Å². The summed E-state index contributed by atoms with van der Waals surface area (Å²) in [5.41, 5.74) is 2.78. The van der Waals surface area contributed by atoms with Gasteiger partial charge in [-0.2, -0.15) is 0 Å². The minimum absolute atomic E-state index is 0.230. The number of rotatable bonds is 8. The van der Waals surface area contributed by atoms with Crippen LogP contribution in [0, 0.1) is 13.8 Å². The van der Waals surface area contributed by atoms with E-state index in [4.69, 9.17) is 5.11 Å². The molecule has 0 amide bonds. The molecule has 0 saturated carbocycles. The van der Waals surface area contributed by atoms with E-state index in [-0.39, 0.29) is 11.7 Å². The third kappa shape index (κ3) is 5.68. The third-order valence-corrected chi connectivity index (χ3v) is 3.61. The van der Waals surface area contributed by atoms with Gasteiger partial charge in [0.15, 0.2) is 0 Å². The van der Waals surface area contributed by atoms with E-state index < -0.39 is 5.97 Å². The van der Waals surface area contributed by atoms with Gasteiger partial charge in [-0.25, -0.2) is 4.79 Å². The molecule has 1 aromatic carbocycles. The summed E-state index contributed by atoms with van der Waals surface area (Å²) >= 11 is 0. The highest BCUT2D eigenvalue weighted by Gasteiger charge is 2.12. The first kappa shape index (κ1) is 17.4. The Balaban J connectivity index is 2.59. The topological polar surface area (TPSA) is 69.9 Å². The Hall–Kier alpha value is -1.68. The van der Waals surface area contributed by atoms with Crippen molar-refractivity contribution in [3.05, 3.63) is 28.8 Å². The lowest BCUT2D eigenvalue weighted by Crippen LogP contribution is -1.99. The zero-order valence-corrected chi connectivity index (χ0v) is 13.1. The van der Waals surface area contributed by atoms with Gasteiger partial charge >= 0.3 is 5.97 Å². The Morgan fingerprint density at radius 1 is 1.29 bits per heavy atom. The summed E-state index contributed by atoms with van der Waals surface area (Å²) in [6.07, 6.45) is 6.29. The van der Waals surface area contributed by atoms with Crippen LogP contribution in [0.2, 0.25) is 0 Å². The lowest BCUT2D eigenvalue weighted by molar-refractivity contribution is 0.0697. The number of unbranched alkanes of at least 4 members (excludes halogenated alkanes) is 3. The van der Waals surface area contributed by atoms with E-state index in [9.17, 15) is 9.90 Å². The molecule has 0 fully saturated rings. The molecule has 1 unspecified atom stereocenters. The minimum Gasteiger partial charge on any atom is -0.478 e. The van der Waals surface area contributed by atoms with E-state index in [2.05, 4.69) is 4.99 Å². The number of aryl methyl sites for hydroxylation is 1. The lowest BCUT2D eigenvalue weighted by Gasteiger charge is -2.08. The number of nitrogens with zero attached hydrogens (tertiary/aromatic N) is 1. The quantitative estimate of drug-likeness (QED) is 0.561. The molecule has 2 N–H and O–H groups in total. The predicted octanol–water partition coefficient (Wildman–Crippen LogP) is 4.04. The Kier molecular flexibility index (Phi) is 7.09. The monoisotopic (exact) mass is 291 g/mol. The molecule has 0 aliphatic rings. The highest BCUT2D eigenvalue weighted by molar-refractivity contribution is 5.95. The Labute approximate surface area is 126 Å². The second kappa shape index (κ2) is 8.57. The summed E-state index contributed by atoms with van der Waals surface area (Å²) in [5, 5.41) is 18.4. The van der Waals surface area contributed by atoms with Crippen LogP contribution < -0.4 is 0 Å². The molecular formula is C17H25NO3. The van der Waals surface area contributed by atoms with Crippen LogP contribution in [-0.2, 0) is 0 Å². The first-order valence-corrected chi connectivity index (χ1v) is 7.47. The maximum Gasteiger partial charge on any atom is 0.337 e. The highest BCUT2D eigenvalue weighted by Crippen LogP contribution is 2.26. The average Bonchev–Trinajstić information content (AvgIpc) is 2.41. The smallest absolute Gasteiger partial charge is 0.337 e. The van der Waals surface area contributed by atoms with E-state index in [1.807, 2.05) is 19.9 Å². The number of carboxylic acids is 1. The number of aliphatic hydroxyl groups excluding tert-OH is 1. The molecule has 0 aliphatic carbocycles. The number of aromatic carboxylic acids is 1. The lowest BCUT2D eigenvalue weighted by atomic mass is 10.0. The maximum absolute atomic E-state index is 11.2. The summed E-state index contributed by atoms with van der Waals surface area (Å²) in [6, 6.07) is 3.42. The van der Waals surface area contributed by atoms with Crippen LogP contribution in [0.3, 0.4) is 0 Å². The Morgan fingerprint density at radius 3 is 2.62 bits per heavy atom. The minimum atomic E-state index is -0.942. The molecule has 0 spiro atoms. The van der Waals surface area contributed by atoms with E-state index in [1.165, 1.54) is 0 Å². The van der Waals surface area contributed by atoms with Crippen molar-refractivity contribution in [1.29, 1.82) is 0 Å². The van der Waals surface area contributed by atoms with Crippen LogP contribution >= 0.6 is 0 Å². The highest BCUT2D eigenvalue weighted by atomic mass is 16.4. The zero-order chi connectivity index (χ0) is 15.8. The Morgan fingerprint density at radius 2 is 2.00 bits per heavy atom. The number of hydrogen-bond acceptors (Lipinski definition) is 3. The van der Waals surface area contributed by atoms with E-state index in [0.717, 1.165) is 43.2 Å². The van der Waals surface area contributed by atoms with Crippen molar-refractivity contribution in [3.8, 4) is 0 Å². The maximum atomic E-state index is 11.2. The molecule has 0 aromatic heterocycles. The Bertz CT molecular complexity index is 507. The van der Waals surface area contributed by atoms with Gasteiger partial charge in [-0.15, -0.1) is 0 Å². The van der Waals surface area contributed by atoms with Crippen molar-refractivity contribution in [3.63, 3.8) is 0 Å². The summed E-state index contributed by atoms with van der Waals surface area (Å²) in [6.45, 7) is 5.66. The van der Waals surface area contributed by atoms with Gasteiger partial charge in [-0.1, -0.05) is 18.9 Å². The first-order chi connectivity index (χ1) is 9.93. The van der Waals surface area contributed by atoms with Gasteiger partial charge in [0.1, 0.15) is 0 Å². The van der Waals surface area contributed by atoms with Crippen molar-refractivity contribution >= 4 is 17.9 Å². The second-order valence-corrected chi connectivity index (χ2v) is 5.51. The third-order valence-electron chi connectivity index (χ3n) is 3.61. The summed E-state index contributed by atoms with van der Waals surface area (Å²) < 4.78 is 0. The van der Waals surface area contributed by atoms with Gasteiger partial charge in [0, 0.05) is 6.21 Å². The van der Waals surface area contributed by atoms with Crippen molar-refractivity contribution in [1.82, 2.24) is 0 Å². The average molecular weight is 291 g/mol. The van der Waals surface area contributed by atoms with Gasteiger partial charge in [0.05, 0.1) is 17.4 Å². The van der Waals surface area contributed by atoms with Crippen LogP contribution in [0.4, 0.5) is 5.69 Å². The number of aliphatic imine (C=N–C) groups is 1. The second-order valence-electron chi connectivity index (χ2n) is 5.51. The predicted molar refractivity (Wildman–Crippen MR) is 85.8 cm³/mol. The number of carboxylic acid groups (broad SMARTS) is 1. The number of aliphatic hydroxyl groups is 1. The SMILES string of the molecule is Cc1ccc(C(=O)O)c(N=CCCCCCC(C)O)c1C. The van der Waals surface area contributed by atoms with Crippen LogP contribution in [0.1, 0.15) is 60.5 Å². The largest absolute Gasteiger partial charge is 0.478 e. The number of benzene rings is 1. The van der Waals surface area contributed by atoms with E-state index >= 15 is 0 Å². The van der Waals surface area contributed by atoms with Crippen LogP contribution in [0.25, 0.3) is 0 Å². The molecular weight excluding hydrogens is 266 g/mol. The van der Waals surface area contributed by atoms with Gasteiger partial charge in [0.2, 0.25) is 0 Å². The number of hydrogen-bond donors (Lipinski definition) is 2. The fraction of sp³-hybridized carbons (Fsp3) is 0.529. The summed E-state index contributed by atoms with van der Waals surface area (Å²) in [7, 11) is 0. The molecule has 4 heteroatoms. The molecule has 1 atom stereocenters. The molecule has 0 bridgehead atoms. The van der Waals surface area contributed by atoms with Gasteiger partial charge < -0.3 is 10.2 Å². The summed E-state index contributed by atoms with van der Waals surface area (Å²) in [5.74, 6) is -0.942. The molecule has 1 aromatic rings. The van der Waals surface area contributed by atoms with Gasteiger partial charge in [-0.3, -0.25) is 4.99 Å². The van der Waals surface area contributed by atoms with Crippen molar-refractivity contribution in [2.45, 2.75) is 59.0 Å². The first-order valence-electron chi connectivity index (χ1n) is 7.47. The fourth-order valence-corrected chi connectivity index (χ4v) is 2.15. The van der Waals surface area contributed by atoms with Crippen LogP contribution in [0.5, 0.6) is 0 Å². The van der Waals surface area contributed by atoms with Crippen molar-refractivity contribution in [2.75, 3.05) is 0 Å². The molecule has 116 valence electrons. The fourth-order valence-electron chi connectivity index (χ4n) is 2.15. The molecule has 0 aliphatic heterocycles. The molecule has 0 heterocycles. The van der Waals surface area contributed by atoms with Crippen LogP contribution in [0.15, 0.2) is 17.1 Å². The summed E-state index contributed by atoms with van der Waals surface area (Å²) in [4.78, 5) is 15.6. The van der Waals surface area contributed by atoms with Crippen molar-refractivity contribution in [2.24, 2.45) is 4.99 Å². The molecule has 21 heavy (non-hydrogen) atoms. The molecule has 0 saturated heterocycles. The van der Waals surface area contributed by atoms with Gasteiger partial charge in [0.25, 0.3) is 0 Å². The van der Waals surface area contributed by atoms with Gasteiger partial charge in [-0.05, 0) is 57.2 Å². The molecule has 1 rings (SSSR count). The normalized spacial score (nSPS) is 12.8. The zero-order valence-electron chi connectivity index (χ0n) is 13.1. The van der Waals surface area contributed by atoms with E-state index in [0.29, 0.717) is 5.69 Å². The van der Waals surface area contributed by atoms with E-state index in [1.54, 1.807) is 19.2 Å².